The summed E-state index contributed by atoms with van der Waals surface area (Å²) in [4.78, 5) is 23.5. The van der Waals surface area contributed by atoms with Gasteiger partial charge in [-0.15, -0.1) is 0 Å². The molecular weight excluding hydrogens is 350 g/mol. The fourth-order valence-corrected chi connectivity index (χ4v) is 2.24. The van der Waals surface area contributed by atoms with E-state index in [1.54, 1.807) is 6.07 Å². The van der Waals surface area contributed by atoms with Crippen LogP contribution < -0.4 is 5.56 Å². The van der Waals surface area contributed by atoms with Crippen molar-refractivity contribution >= 4 is 32.7 Å². The Morgan fingerprint density at radius 3 is 2.81 bits per heavy atom. The van der Waals surface area contributed by atoms with Crippen LogP contribution in [0.3, 0.4) is 0 Å². The second-order valence-corrected chi connectivity index (χ2v) is 5.15. The van der Waals surface area contributed by atoms with Gasteiger partial charge in [-0.25, -0.2) is 13.5 Å². The molecule has 0 bridgehead atoms. The predicted molar refractivity (Wildman–Crippen MR) is 75.5 cm³/mol. The molecule has 0 aliphatic carbocycles. The van der Waals surface area contributed by atoms with Crippen molar-refractivity contribution in [3.8, 4) is 0 Å². The van der Waals surface area contributed by atoms with Gasteiger partial charge in [0.25, 0.3) is 5.56 Å². The van der Waals surface area contributed by atoms with E-state index >= 15 is 0 Å². The van der Waals surface area contributed by atoms with Gasteiger partial charge in [-0.2, -0.15) is 5.10 Å². The molecule has 0 aliphatic heterocycles. The van der Waals surface area contributed by atoms with Crippen LogP contribution in [0.4, 0.5) is 8.78 Å². The molecule has 0 spiro atoms. The zero-order valence-corrected chi connectivity index (χ0v) is 12.6. The van der Waals surface area contributed by atoms with E-state index in [2.05, 4.69) is 25.8 Å². The van der Waals surface area contributed by atoms with E-state index in [9.17, 15) is 18.4 Å². The number of alkyl halides is 2. The lowest BCUT2D eigenvalue weighted by Gasteiger charge is -2.12. The highest BCUT2D eigenvalue weighted by Gasteiger charge is 2.20. The van der Waals surface area contributed by atoms with Crippen molar-refractivity contribution in [2.75, 3.05) is 13.8 Å². The molecule has 2 aromatic rings. The molecule has 8 heteroatoms. The first-order valence-electron chi connectivity index (χ1n) is 5.95. The molecule has 0 radical (unpaired) electrons. The first-order valence-corrected chi connectivity index (χ1v) is 6.74. The summed E-state index contributed by atoms with van der Waals surface area (Å²) in [7, 11) is 1.16. The van der Waals surface area contributed by atoms with E-state index < -0.39 is 30.9 Å². The van der Waals surface area contributed by atoms with Crippen LogP contribution in [-0.4, -0.2) is 29.5 Å². The number of methoxy groups -OCH3 is 1. The summed E-state index contributed by atoms with van der Waals surface area (Å²) in [6, 6.07) is 4.55. The van der Waals surface area contributed by atoms with Gasteiger partial charge >= 0.3 is 5.97 Å². The van der Waals surface area contributed by atoms with Crippen LogP contribution in [0.5, 0.6) is 0 Å². The summed E-state index contributed by atoms with van der Waals surface area (Å²) in [5.74, 6) is -0.706. The van der Waals surface area contributed by atoms with E-state index in [0.29, 0.717) is 4.47 Å². The monoisotopic (exact) mass is 360 g/mol. The summed E-state index contributed by atoms with van der Waals surface area (Å²) in [5.41, 5.74) is -0.796. The molecule has 0 fully saturated rings. The number of nitrogens with zero attached hydrogens (tertiary/aromatic N) is 2. The van der Waals surface area contributed by atoms with Crippen molar-refractivity contribution in [1.82, 2.24) is 9.78 Å². The first-order chi connectivity index (χ1) is 9.97. The molecule has 1 aromatic carbocycles. The smallest absolute Gasteiger partial charge is 0.327 e. The maximum atomic E-state index is 13.8. The maximum absolute atomic E-state index is 13.8. The Morgan fingerprint density at radius 1 is 1.48 bits per heavy atom. The van der Waals surface area contributed by atoms with Gasteiger partial charge in [0.2, 0.25) is 0 Å². The predicted octanol–water partition coefficient (Wildman–Crippen LogP) is 2.31. The minimum atomic E-state index is -1.98. The lowest BCUT2D eigenvalue weighted by molar-refractivity contribution is -0.141. The van der Waals surface area contributed by atoms with Gasteiger partial charge in [0.1, 0.15) is 18.9 Å². The van der Waals surface area contributed by atoms with Gasteiger partial charge in [0, 0.05) is 9.86 Å². The summed E-state index contributed by atoms with van der Waals surface area (Å²) < 4.78 is 32.3. The van der Waals surface area contributed by atoms with Crippen molar-refractivity contribution < 1.29 is 18.3 Å². The number of carbonyl (C=O) groups is 1. The zero-order valence-electron chi connectivity index (χ0n) is 11.0. The maximum Gasteiger partial charge on any atom is 0.327 e. The third kappa shape index (κ3) is 3.10. The third-order valence-corrected chi connectivity index (χ3v) is 3.38. The zero-order chi connectivity index (χ0) is 15.6. The van der Waals surface area contributed by atoms with Crippen LogP contribution in [0, 0.1) is 0 Å². The van der Waals surface area contributed by atoms with E-state index in [4.69, 9.17) is 0 Å². The van der Waals surface area contributed by atoms with E-state index in [-0.39, 0.29) is 16.5 Å². The fourth-order valence-electron chi connectivity index (χ4n) is 1.88. The molecule has 0 amide bonds. The van der Waals surface area contributed by atoms with Gasteiger partial charge in [-0.3, -0.25) is 9.59 Å². The van der Waals surface area contributed by atoms with Crippen LogP contribution in [0.1, 0.15) is 11.9 Å². The number of esters is 1. The quantitative estimate of drug-likeness (QED) is 0.785. The van der Waals surface area contributed by atoms with Gasteiger partial charge in [-0.05, 0) is 18.2 Å². The number of benzene rings is 1. The number of fused-ring (bicyclic) bond motifs is 1. The minimum Gasteiger partial charge on any atom is -0.468 e. The van der Waals surface area contributed by atoms with Gasteiger partial charge < -0.3 is 4.74 Å². The fraction of sp³-hybridized carbons (Fsp3) is 0.308. The molecule has 21 heavy (non-hydrogen) atoms. The summed E-state index contributed by atoms with van der Waals surface area (Å²) >= 11 is 3.21. The first kappa shape index (κ1) is 15.6. The van der Waals surface area contributed by atoms with Crippen molar-refractivity contribution in [1.29, 1.82) is 0 Å². The SMILES string of the molecule is COC(=O)Cn1nc(C(F)CF)c2cc(Br)ccc2c1=O. The van der Waals surface area contributed by atoms with Crippen LogP contribution in [0.2, 0.25) is 0 Å². The number of aromatic nitrogens is 2. The molecule has 1 unspecified atom stereocenters. The normalized spacial score (nSPS) is 12.4. The molecule has 1 atom stereocenters. The Labute approximate surface area is 126 Å². The van der Waals surface area contributed by atoms with Crippen molar-refractivity contribution in [3.63, 3.8) is 0 Å². The highest BCUT2D eigenvalue weighted by molar-refractivity contribution is 9.10. The molecular formula is C13H11BrF2N2O3. The second-order valence-electron chi connectivity index (χ2n) is 4.24. The van der Waals surface area contributed by atoms with Crippen LogP contribution >= 0.6 is 15.9 Å². The Bertz CT molecular complexity index is 748. The van der Waals surface area contributed by atoms with Crippen molar-refractivity contribution in [2.45, 2.75) is 12.7 Å². The molecule has 0 N–H and O–H groups in total. The van der Waals surface area contributed by atoms with Gasteiger partial charge in [0.05, 0.1) is 12.5 Å². The molecule has 2 rings (SSSR count). The van der Waals surface area contributed by atoms with Gasteiger partial charge in [0.15, 0.2) is 6.17 Å². The standard InChI is InChI=1S/C13H11BrF2N2O3/c1-21-11(19)6-18-13(20)8-3-2-7(14)4-9(8)12(17-18)10(16)5-15/h2-4,10H,5-6H2,1H3. The molecule has 1 heterocycles. The topological polar surface area (TPSA) is 61.2 Å². The number of halogens is 3. The summed E-state index contributed by atoms with van der Waals surface area (Å²) in [5, 5.41) is 4.13. The summed E-state index contributed by atoms with van der Waals surface area (Å²) in [6.07, 6.45) is -1.98. The molecule has 0 aliphatic rings. The second kappa shape index (κ2) is 6.30. The average Bonchev–Trinajstić information content (AvgIpc) is 2.48. The number of ether oxygens (including phenoxy) is 1. The highest BCUT2D eigenvalue weighted by Crippen LogP contribution is 2.26. The summed E-state index contributed by atoms with van der Waals surface area (Å²) in [6.45, 7) is -1.74. The molecule has 112 valence electrons. The van der Waals surface area contributed by atoms with E-state index in [1.807, 2.05) is 0 Å². The van der Waals surface area contributed by atoms with Crippen LogP contribution in [0.15, 0.2) is 27.5 Å². The van der Waals surface area contributed by atoms with Crippen molar-refractivity contribution in [3.05, 3.63) is 38.7 Å². The highest BCUT2D eigenvalue weighted by atomic mass is 79.9. The van der Waals surface area contributed by atoms with E-state index in [1.165, 1.54) is 12.1 Å². The Balaban J connectivity index is 2.73. The minimum absolute atomic E-state index is 0.156. The molecule has 0 saturated carbocycles. The Hall–Kier alpha value is -1.83. The lowest BCUT2D eigenvalue weighted by Crippen LogP contribution is -2.29. The van der Waals surface area contributed by atoms with Crippen molar-refractivity contribution in [2.24, 2.45) is 0 Å². The third-order valence-electron chi connectivity index (χ3n) is 2.89. The Kier molecular flexibility index (Phi) is 4.66. The van der Waals surface area contributed by atoms with Crippen LogP contribution in [-0.2, 0) is 16.1 Å². The molecule has 1 aromatic heterocycles. The number of carbonyl (C=O) groups excluding carboxylic acids is 1. The molecule has 5 nitrogen and oxygen atoms in total. The number of hydrogen-bond acceptors (Lipinski definition) is 4. The van der Waals surface area contributed by atoms with Gasteiger partial charge in [-0.1, -0.05) is 15.9 Å². The Morgan fingerprint density at radius 2 is 2.19 bits per heavy atom. The molecule has 0 saturated heterocycles. The van der Waals surface area contributed by atoms with E-state index in [0.717, 1.165) is 11.8 Å². The average molecular weight is 361 g/mol. The van der Waals surface area contributed by atoms with Crippen LogP contribution in [0.25, 0.3) is 10.8 Å². The number of rotatable bonds is 4. The lowest BCUT2D eigenvalue weighted by atomic mass is 10.1. The largest absolute Gasteiger partial charge is 0.468 e. The number of hydrogen-bond donors (Lipinski definition) is 0.